The number of ether oxygens (including phenoxy) is 1. The van der Waals surface area contributed by atoms with Gasteiger partial charge in [-0.1, -0.05) is 93.0 Å². The minimum absolute atomic E-state index is 0.0269. The van der Waals surface area contributed by atoms with Crippen LogP contribution in [-0.4, -0.2) is 39.3 Å². The van der Waals surface area contributed by atoms with E-state index in [1.54, 1.807) is 30.3 Å². The van der Waals surface area contributed by atoms with Crippen molar-refractivity contribution in [3.05, 3.63) is 118 Å². The number of nitrogens with zero attached hydrogens (tertiary/aromatic N) is 3. The summed E-state index contributed by atoms with van der Waals surface area (Å²) in [5, 5.41) is 3.55. The molecule has 2 amide bonds. The van der Waals surface area contributed by atoms with Crippen molar-refractivity contribution in [1.82, 2.24) is 15.3 Å². The number of carbonyl (C=O) groups excluding carboxylic acids is 1. The standard InChI is InChI=1S/C33H38Cl2N4O3Si/c1-22(27-21-36-29(35)37-28(27)34)39(25-17-19-26(41-6)20-18-25)30(40)38-32(5,42-43)33(31(2,3)4,23-13-9-7-10-14-23)24-15-11-8-12-16-24/h7-22H,1-6,43H3,(H,38,40)/t22-,32-/m1/s1. The van der Waals surface area contributed by atoms with Crippen molar-refractivity contribution in [2.75, 3.05) is 12.0 Å². The van der Waals surface area contributed by atoms with Gasteiger partial charge in [0.15, 0.2) is 0 Å². The van der Waals surface area contributed by atoms with Crippen molar-refractivity contribution >= 4 is 45.4 Å². The zero-order valence-electron chi connectivity index (χ0n) is 25.6. The first-order valence-corrected chi connectivity index (χ1v) is 15.6. The smallest absolute Gasteiger partial charge is 0.324 e. The number of urea groups is 1. The van der Waals surface area contributed by atoms with E-state index >= 15 is 0 Å². The van der Waals surface area contributed by atoms with Crippen LogP contribution in [0.5, 0.6) is 5.75 Å². The molecule has 4 rings (SSSR count). The molecule has 0 fully saturated rings. The lowest BCUT2D eigenvalue weighted by molar-refractivity contribution is -0.0441. The third kappa shape index (κ3) is 6.15. The van der Waals surface area contributed by atoms with Gasteiger partial charge in [0.05, 0.1) is 18.6 Å². The number of anilines is 1. The number of hydrogen-bond acceptors (Lipinski definition) is 5. The Hall–Kier alpha value is -3.43. The van der Waals surface area contributed by atoms with Gasteiger partial charge in [-0.05, 0) is 66.3 Å². The molecule has 0 saturated heterocycles. The molecule has 0 aliphatic rings. The van der Waals surface area contributed by atoms with Crippen LogP contribution in [0.2, 0.25) is 10.4 Å². The number of carbonyl (C=O) groups is 1. The fourth-order valence-corrected chi connectivity index (χ4v) is 7.14. The molecule has 7 nitrogen and oxygen atoms in total. The third-order valence-corrected chi connectivity index (χ3v) is 9.45. The van der Waals surface area contributed by atoms with Gasteiger partial charge in [-0.2, -0.15) is 0 Å². The van der Waals surface area contributed by atoms with Gasteiger partial charge in [-0.25, -0.2) is 14.8 Å². The quantitative estimate of drug-likeness (QED) is 0.0916. The maximum Gasteiger partial charge on any atom is 0.324 e. The fourth-order valence-electron chi connectivity index (χ4n) is 6.27. The van der Waals surface area contributed by atoms with Crippen molar-refractivity contribution in [2.45, 2.75) is 51.8 Å². The molecule has 1 heterocycles. The molecule has 0 aliphatic heterocycles. The molecular weight excluding hydrogens is 599 g/mol. The summed E-state index contributed by atoms with van der Waals surface area (Å²) in [4.78, 5) is 24.6. The van der Waals surface area contributed by atoms with E-state index in [0.29, 0.717) is 27.5 Å². The molecule has 0 saturated carbocycles. The van der Waals surface area contributed by atoms with Crippen LogP contribution in [0.25, 0.3) is 0 Å². The Morgan fingerprint density at radius 2 is 1.44 bits per heavy atom. The maximum atomic E-state index is 14.7. The molecule has 43 heavy (non-hydrogen) atoms. The molecular formula is C33H38Cl2N4O3Si. The van der Waals surface area contributed by atoms with Crippen LogP contribution < -0.4 is 15.0 Å². The summed E-state index contributed by atoms with van der Waals surface area (Å²) >= 11 is 12.5. The zero-order chi connectivity index (χ0) is 31.4. The molecule has 0 bridgehead atoms. The minimum atomic E-state index is -1.19. The summed E-state index contributed by atoms with van der Waals surface area (Å²) in [5.41, 5.74) is 0.771. The Bertz CT molecular complexity index is 1500. The van der Waals surface area contributed by atoms with Gasteiger partial charge in [-0.3, -0.25) is 4.90 Å². The Balaban J connectivity index is 1.92. The highest BCUT2D eigenvalue weighted by atomic mass is 35.5. The first-order chi connectivity index (χ1) is 20.4. The lowest BCUT2D eigenvalue weighted by Gasteiger charge is -2.56. The summed E-state index contributed by atoms with van der Waals surface area (Å²) in [5.74, 6) is 0.664. The average Bonchev–Trinajstić information content (AvgIpc) is 2.98. The van der Waals surface area contributed by atoms with E-state index in [0.717, 1.165) is 11.1 Å². The van der Waals surface area contributed by atoms with E-state index in [4.69, 9.17) is 32.4 Å². The Morgan fingerprint density at radius 1 is 0.907 bits per heavy atom. The summed E-state index contributed by atoms with van der Waals surface area (Å²) in [6.07, 6.45) is 1.54. The minimum Gasteiger partial charge on any atom is -0.497 e. The maximum absolute atomic E-state index is 14.7. The molecule has 2 atom stereocenters. The van der Waals surface area contributed by atoms with Crippen molar-refractivity contribution < 1.29 is 14.0 Å². The SMILES string of the molecule is COc1ccc(N(C(=O)N[C@](C)(O[SiH3])C(c2ccccc2)(c2ccccc2)C(C)(C)C)[C@H](C)c2cnc(Cl)nc2Cl)cc1. The van der Waals surface area contributed by atoms with E-state index in [9.17, 15) is 4.79 Å². The first-order valence-electron chi connectivity index (χ1n) is 14.0. The molecule has 1 N–H and O–H groups in total. The Labute approximate surface area is 267 Å². The molecule has 4 aromatic rings. The lowest BCUT2D eigenvalue weighted by atomic mass is 9.54. The number of methoxy groups -OCH3 is 1. The highest BCUT2D eigenvalue weighted by Gasteiger charge is 2.59. The van der Waals surface area contributed by atoms with E-state index in [2.05, 4.69) is 60.3 Å². The topological polar surface area (TPSA) is 76.6 Å². The van der Waals surface area contributed by atoms with Gasteiger partial charge >= 0.3 is 6.03 Å². The largest absolute Gasteiger partial charge is 0.497 e. The van der Waals surface area contributed by atoms with Crippen molar-refractivity contribution in [3.63, 3.8) is 0 Å². The van der Waals surface area contributed by atoms with Crippen LogP contribution in [0.4, 0.5) is 10.5 Å². The molecule has 1 aromatic heterocycles. The second-order valence-corrected chi connectivity index (χ2v) is 12.6. The number of rotatable bonds is 9. The van der Waals surface area contributed by atoms with Gasteiger partial charge in [0.25, 0.3) is 0 Å². The summed E-state index contributed by atoms with van der Waals surface area (Å²) in [6, 6.07) is 26.7. The first kappa shape index (κ1) is 32.5. The van der Waals surface area contributed by atoms with Crippen LogP contribution in [0, 0.1) is 5.41 Å². The molecule has 226 valence electrons. The van der Waals surface area contributed by atoms with E-state index in [1.807, 2.05) is 62.4 Å². The molecule has 0 unspecified atom stereocenters. The van der Waals surface area contributed by atoms with E-state index < -0.39 is 22.6 Å². The number of benzene rings is 3. The van der Waals surface area contributed by atoms with Gasteiger partial charge in [0.1, 0.15) is 27.1 Å². The zero-order valence-corrected chi connectivity index (χ0v) is 29.1. The van der Waals surface area contributed by atoms with E-state index in [-0.39, 0.29) is 16.5 Å². The summed E-state index contributed by atoms with van der Waals surface area (Å²) in [6.45, 7) is 10.3. The average molecular weight is 638 g/mol. The van der Waals surface area contributed by atoms with Crippen molar-refractivity contribution in [3.8, 4) is 5.75 Å². The van der Waals surface area contributed by atoms with Crippen LogP contribution in [0.15, 0.2) is 91.1 Å². The van der Waals surface area contributed by atoms with Gasteiger partial charge in [0, 0.05) is 17.4 Å². The molecule has 0 spiro atoms. The lowest BCUT2D eigenvalue weighted by Crippen LogP contribution is -2.68. The Kier molecular flexibility index (Phi) is 9.86. The predicted octanol–water partition coefficient (Wildman–Crippen LogP) is 7.11. The molecule has 3 aromatic carbocycles. The summed E-state index contributed by atoms with van der Waals surface area (Å²) < 4.78 is 11.9. The number of aromatic nitrogens is 2. The Morgan fingerprint density at radius 3 is 1.88 bits per heavy atom. The van der Waals surface area contributed by atoms with Crippen molar-refractivity contribution in [1.29, 1.82) is 0 Å². The normalized spacial score (nSPS) is 14.0. The predicted molar refractivity (Wildman–Crippen MR) is 177 cm³/mol. The number of halogens is 2. The fraction of sp³-hybridized carbons (Fsp3) is 0.303. The third-order valence-electron chi connectivity index (χ3n) is 8.15. The molecule has 0 radical (unpaired) electrons. The monoisotopic (exact) mass is 636 g/mol. The second kappa shape index (κ2) is 13.1. The summed E-state index contributed by atoms with van der Waals surface area (Å²) in [7, 11) is 1.95. The molecule has 10 heteroatoms. The highest BCUT2D eigenvalue weighted by Crippen LogP contribution is 2.54. The number of hydrogen-bond donors (Lipinski definition) is 1. The van der Waals surface area contributed by atoms with Gasteiger partial charge in [0.2, 0.25) is 5.28 Å². The second-order valence-electron chi connectivity index (χ2n) is 11.5. The number of amides is 2. The van der Waals surface area contributed by atoms with Gasteiger partial charge in [-0.15, -0.1) is 0 Å². The number of nitrogens with one attached hydrogen (secondary N) is 1. The van der Waals surface area contributed by atoms with Gasteiger partial charge < -0.3 is 14.5 Å². The van der Waals surface area contributed by atoms with Crippen molar-refractivity contribution in [2.24, 2.45) is 5.41 Å². The highest BCUT2D eigenvalue weighted by molar-refractivity contribution is 6.32. The van der Waals surface area contributed by atoms with E-state index in [1.165, 1.54) is 0 Å². The van der Waals surface area contributed by atoms with Crippen LogP contribution in [0.1, 0.15) is 57.4 Å². The van der Waals surface area contributed by atoms with Crippen LogP contribution in [0.3, 0.4) is 0 Å². The van der Waals surface area contributed by atoms with Crippen LogP contribution >= 0.6 is 23.2 Å². The molecule has 0 aliphatic carbocycles. The van der Waals surface area contributed by atoms with Crippen LogP contribution in [-0.2, 0) is 9.84 Å².